The summed E-state index contributed by atoms with van der Waals surface area (Å²) >= 11 is 1.71. The van der Waals surface area contributed by atoms with Crippen LogP contribution < -0.4 is 5.32 Å². The molecule has 2 aliphatic rings. The summed E-state index contributed by atoms with van der Waals surface area (Å²) in [5.74, 6) is 0. The van der Waals surface area contributed by atoms with Crippen LogP contribution in [0.3, 0.4) is 0 Å². The van der Waals surface area contributed by atoms with Crippen molar-refractivity contribution in [1.82, 2.24) is 4.31 Å². The molecule has 0 bridgehead atoms. The average Bonchev–Trinajstić information content (AvgIpc) is 2.66. The van der Waals surface area contributed by atoms with Crippen LogP contribution in [0.15, 0.2) is 52.3 Å². The molecule has 1 N–H and O–H groups in total. The zero-order valence-corrected chi connectivity index (χ0v) is 15.7. The number of para-hydroxylation sites is 1. The number of rotatable bonds is 3. The lowest BCUT2D eigenvalue weighted by Gasteiger charge is -2.29. The van der Waals surface area contributed by atoms with E-state index in [1.807, 2.05) is 36.4 Å². The van der Waals surface area contributed by atoms with Gasteiger partial charge in [-0.1, -0.05) is 30.0 Å². The Balaban J connectivity index is 1.62. The van der Waals surface area contributed by atoms with Gasteiger partial charge in [0.15, 0.2) is 0 Å². The van der Waals surface area contributed by atoms with E-state index < -0.39 is 15.3 Å². The molecule has 4 nitrogen and oxygen atoms in total. The molecular formula is C19H21N2O2S2. The van der Waals surface area contributed by atoms with Gasteiger partial charge in [-0.15, -0.1) is 0 Å². The molecule has 25 heavy (non-hydrogen) atoms. The minimum Gasteiger partial charge on any atom is -0.354 e. The van der Waals surface area contributed by atoms with Gasteiger partial charge in [0.25, 0.3) is 0 Å². The molecule has 1 fully saturated rings. The Hall–Kier alpha value is -1.50. The molecule has 0 spiro atoms. The smallest absolute Gasteiger partial charge is 0.220 e. The first kappa shape index (κ1) is 16.9. The fourth-order valence-electron chi connectivity index (χ4n) is 3.27. The Bertz CT molecular complexity index is 890. The van der Waals surface area contributed by atoms with Gasteiger partial charge in [-0.3, -0.25) is 0 Å². The molecule has 131 valence electrons. The Kier molecular flexibility index (Phi) is 4.52. The first-order valence-corrected chi connectivity index (χ1v) is 10.9. The van der Waals surface area contributed by atoms with Crippen molar-refractivity contribution in [2.75, 3.05) is 18.4 Å². The van der Waals surface area contributed by atoms with Crippen LogP contribution in [-0.4, -0.2) is 25.8 Å². The number of nitrogens with one attached hydrogen (secondary N) is 1. The Morgan fingerprint density at radius 2 is 1.92 bits per heavy atom. The van der Waals surface area contributed by atoms with Crippen molar-refractivity contribution in [2.24, 2.45) is 0 Å². The van der Waals surface area contributed by atoms with Gasteiger partial charge in [-0.25, -0.2) is 12.7 Å². The SMILES string of the molecule is CC(c1ccc2c(c1)Nc1ccccc1S2)S(=O)(=O)N1C[CH]CCC1. The number of hydrogen-bond donors (Lipinski definition) is 1. The van der Waals surface area contributed by atoms with Crippen LogP contribution in [0.4, 0.5) is 11.4 Å². The summed E-state index contributed by atoms with van der Waals surface area (Å²) in [5, 5.41) is 2.88. The predicted molar refractivity (Wildman–Crippen MR) is 103 cm³/mol. The molecule has 2 aliphatic heterocycles. The maximum Gasteiger partial charge on any atom is 0.220 e. The van der Waals surface area contributed by atoms with Crippen molar-refractivity contribution < 1.29 is 8.42 Å². The molecule has 1 saturated heterocycles. The molecule has 0 saturated carbocycles. The lowest BCUT2D eigenvalue weighted by atomic mass is 10.1. The quantitative estimate of drug-likeness (QED) is 0.730. The molecule has 0 aliphatic carbocycles. The third kappa shape index (κ3) is 3.18. The average molecular weight is 374 g/mol. The number of anilines is 2. The highest BCUT2D eigenvalue weighted by atomic mass is 32.2. The lowest BCUT2D eigenvalue weighted by molar-refractivity contribution is 0.386. The zero-order valence-electron chi connectivity index (χ0n) is 14.1. The maximum absolute atomic E-state index is 12.9. The molecule has 1 radical (unpaired) electrons. The van der Waals surface area contributed by atoms with Gasteiger partial charge in [0.1, 0.15) is 0 Å². The number of nitrogens with zero attached hydrogens (tertiary/aromatic N) is 1. The first-order valence-electron chi connectivity index (χ1n) is 8.54. The molecule has 2 aromatic carbocycles. The number of fused-ring (bicyclic) bond motifs is 2. The summed E-state index contributed by atoms with van der Waals surface area (Å²) in [4.78, 5) is 2.31. The van der Waals surface area contributed by atoms with Gasteiger partial charge < -0.3 is 5.32 Å². The minimum absolute atomic E-state index is 0.527. The fraction of sp³-hybridized carbons (Fsp3) is 0.316. The summed E-state index contributed by atoms with van der Waals surface area (Å²) in [6, 6.07) is 14.1. The second-order valence-electron chi connectivity index (χ2n) is 6.45. The maximum atomic E-state index is 12.9. The van der Waals surface area contributed by atoms with Crippen molar-refractivity contribution in [1.29, 1.82) is 0 Å². The molecule has 1 unspecified atom stereocenters. The van der Waals surface area contributed by atoms with Crippen LogP contribution in [0, 0.1) is 6.42 Å². The molecule has 6 heteroatoms. The zero-order chi connectivity index (χ0) is 17.4. The van der Waals surface area contributed by atoms with E-state index in [4.69, 9.17) is 0 Å². The van der Waals surface area contributed by atoms with Crippen LogP contribution in [0.5, 0.6) is 0 Å². The minimum atomic E-state index is -3.33. The summed E-state index contributed by atoms with van der Waals surface area (Å²) in [6.45, 7) is 2.93. The Morgan fingerprint density at radius 3 is 2.72 bits per heavy atom. The van der Waals surface area contributed by atoms with Crippen LogP contribution in [0.2, 0.25) is 0 Å². The topological polar surface area (TPSA) is 49.4 Å². The van der Waals surface area contributed by atoms with Gasteiger partial charge in [-0.2, -0.15) is 0 Å². The first-order chi connectivity index (χ1) is 12.1. The molecule has 1 atom stereocenters. The summed E-state index contributed by atoms with van der Waals surface area (Å²) in [5.41, 5.74) is 2.88. The van der Waals surface area contributed by atoms with Gasteiger partial charge in [0.05, 0.1) is 16.6 Å². The molecule has 0 aromatic heterocycles. The van der Waals surface area contributed by atoms with E-state index in [0.717, 1.165) is 34.7 Å². The molecule has 4 rings (SSSR count). The predicted octanol–water partition coefficient (Wildman–Crippen LogP) is 4.59. The third-order valence-electron chi connectivity index (χ3n) is 4.80. The van der Waals surface area contributed by atoms with Crippen LogP contribution in [0.25, 0.3) is 0 Å². The highest BCUT2D eigenvalue weighted by Gasteiger charge is 2.31. The van der Waals surface area contributed by atoms with Gasteiger partial charge in [-0.05, 0) is 56.0 Å². The number of piperidine rings is 1. The number of sulfonamides is 1. The Labute approximate surface area is 153 Å². The van der Waals surface area contributed by atoms with E-state index in [1.165, 1.54) is 4.90 Å². The van der Waals surface area contributed by atoms with Crippen molar-refractivity contribution in [3.63, 3.8) is 0 Å². The van der Waals surface area contributed by atoms with Crippen LogP contribution in [-0.2, 0) is 10.0 Å². The normalized spacial score (nSPS) is 18.8. The van der Waals surface area contributed by atoms with Crippen LogP contribution >= 0.6 is 11.8 Å². The van der Waals surface area contributed by atoms with E-state index in [2.05, 4.69) is 17.8 Å². The summed E-state index contributed by atoms with van der Waals surface area (Å²) in [7, 11) is -3.33. The van der Waals surface area contributed by atoms with Crippen molar-refractivity contribution in [2.45, 2.75) is 34.8 Å². The van der Waals surface area contributed by atoms with E-state index in [-0.39, 0.29) is 0 Å². The van der Waals surface area contributed by atoms with E-state index in [1.54, 1.807) is 23.0 Å². The van der Waals surface area contributed by atoms with Crippen LogP contribution in [0.1, 0.15) is 30.6 Å². The fourth-order valence-corrected chi connectivity index (χ4v) is 5.88. The third-order valence-corrected chi connectivity index (χ3v) is 8.17. The van der Waals surface area contributed by atoms with E-state index >= 15 is 0 Å². The van der Waals surface area contributed by atoms with E-state index in [0.29, 0.717) is 13.1 Å². The van der Waals surface area contributed by atoms with Gasteiger partial charge in [0.2, 0.25) is 10.0 Å². The summed E-state index contributed by atoms with van der Waals surface area (Å²) < 4.78 is 27.5. The summed E-state index contributed by atoms with van der Waals surface area (Å²) in [6.07, 6.45) is 3.96. The van der Waals surface area contributed by atoms with E-state index in [9.17, 15) is 8.42 Å². The second-order valence-corrected chi connectivity index (χ2v) is 9.79. The Morgan fingerprint density at radius 1 is 1.12 bits per heavy atom. The largest absolute Gasteiger partial charge is 0.354 e. The molecule has 2 aromatic rings. The molecule has 0 amide bonds. The number of benzene rings is 2. The molecule has 2 heterocycles. The lowest BCUT2D eigenvalue weighted by Crippen LogP contribution is -2.38. The monoisotopic (exact) mass is 373 g/mol. The van der Waals surface area contributed by atoms with Crippen molar-refractivity contribution in [3.05, 3.63) is 54.4 Å². The molecular weight excluding hydrogens is 352 g/mol. The van der Waals surface area contributed by atoms with Gasteiger partial charge >= 0.3 is 0 Å². The highest BCUT2D eigenvalue weighted by molar-refractivity contribution is 7.99. The van der Waals surface area contributed by atoms with Crippen molar-refractivity contribution >= 4 is 33.2 Å². The van der Waals surface area contributed by atoms with Gasteiger partial charge in [0, 0.05) is 22.9 Å². The second kappa shape index (κ2) is 6.67. The standard InChI is InChI=1S/C19H21N2O2S2/c1-14(25(22,23)21-11-5-2-6-12-21)15-9-10-19-17(13-15)20-16-7-3-4-8-18(16)24-19/h3-5,7-10,13-14,20H,2,6,11-12H2,1H3. The number of hydrogen-bond acceptors (Lipinski definition) is 4. The van der Waals surface area contributed by atoms with Crippen molar-refractivity contribution in [3.8, 4) is 0 Å². The highest BCUT2D eigenvalue weighted by Crippen LogP contribution is 2.45.